The first kappa shape index (κ1) is 13.0. The molecule has 1 heterocycles. The summed E-state index contributed by atoms with van der Waals surface area (Å²) >= 11 is 0. The van der Waals surface area contributed by atoms with E-state index in [0.717, 1.165) is 38.8 Å². The first-order valence-electron chi connectivity index (χ1n) is 6.23. The lowest BCUT2D eigenvalue weighted by molar-refractivity contribution is -0.135. The van der Waals surface area contributed by atoms with Gasteiger partial charge in [-0.2, -0.15) is 0 Å². The first-order chi connectivity index (χ1) is 7.65. The third-order valence-corrected chi connectivity index (χ3v) is 2.92. The molecule has 0 aliphatic carbocycles. The molecule has 1 fully saturated rings. The topological polar surface area (TPSA) is 49.4 Å². The molecule has 1 saturated heterocycles. The Labute approximate surface area is 97.4 Å². The second-order valence-corrected chi connectivity index (χ2v) is 4.43. The maximum Gasteiger partial charge on any atom is 0.244 e. The Hall–Kier alpha value is -1.06. The van der Waals surface area contributed by atoms with Crippen molar-refractivity contribution in [2.45, 2.75) is 52.0 Å². The summed E-state index contributed by atoms with van der Waals surface area (Å²) in [5, 5.41) is 2.76. The minimum atomic E-state index is -0.373. The molecule has 0 radical (unpaired) electrons. The van der Waals surface area contributed by atoms with Gasteiger partial charge in [-0.3, -0.25) is 9.59 Å². The second kappa shape index (κ2) is 6.51. The SMILES string of the molecule is CCCCC(=O)N[C@@H](C)C(=O)N1CCCC1. The molecule has 1 aliphatic rings. The highest BCUT2D eigenvalue weighted by atomic mass is 16.2. The number of amides is 2. The molecule has 2 amide bonds. The van der Waals surface area contributed by atoms with E-state index in [-0.39, 0.29) is 17.9 Å². The molecular weight excluding hydrogens is 204 g/mol. The molecule has 0 aromatic heterocycles. The van der Waals surface area contributed by atoms with Gasteiger partial charge in [-0.05, 0) is 26.2 Å². The maximum absolute atomic E-state index is 11.9. The molecule has 1 N–H and O–H groups in total. The van der Waals surface area contributed by atoms with Gasteiger partial charge in [0.1, 0.15) is 6.04 Å². The lowest BCUT2D eigenvalue weighted by Gasteiger charge is -2.21. The highest BCUT2D eigenvalue weighted by Gasteiger charge is 2.23. The van der Waals surface area contributed by atoms with Crippen LogP contribution >= 0.6 is 0 Å². The van der Waals surface area contributed by atoms with Crippen LogP contribution in [0.3, 0.4) is 0 Å². The summed E-state index contributed by atoms with van der Waals surface area (Å²) in [5.74, 6) is 0.0456. The summed E-state index contributed by atoms with van der Waals surface area (Å²) < 4.78 is 0. The van der Waals surface area contributed by atoms with Crippen LogP contribution in [0.25, 0.3) is 0 Å². The lowest BCUT2D eigenvalue weighted by atomic mass is 10.2. The van der Waals surface area contributed by atoms with Crippen LogP contribution in [0, 0.1) is 0 Å². The van der Waals surface area contributed by atoms with Gasteiger partial charge in [0.2, 0.25) is 11.8 Å². The van der Waals surface area contributed by atoms with E-state index in [0.29, 0.717) is 6.42 Å². The van der Waals surface area contributed by atoms with E-state index in [2.05, 4.69) is 5.32 Å². The number of carbonyl (C=O) groups excluding carboxylic acids is 2. The third-order valence-electron chi connectivity index (χ3n) is 2.92. The molecule has 16 heavy (non-hydrogen) atoms. The van der Waals surface area contributed by atoms with Crippen LogP contribution in [0.1, 0.15) is 46.0 Å². The van der Waals surface area contributed by atoms with Crippen LogP contribution in [0.4, 0.5) is 0 Å². The number of likely N-dealkylation sites (tertiary alicyclic amines) is 1. The van der Waals surface area contributed by atoms with Gasteiger partial charge in [-0.25, -0.2) is 0 Å². The van der Waals surface area contributed by atoms with Gasteiger partial charge in [0, 0.05) is 19.5 Å². The van der Waals surface area contributed by atoms with Crippen LogP contribution in [0.5, 0.6) is 0 Å². The van der Waals surface area contributed by atoms with E-state index in [4.69, 9.17) is 0 Å². The molecule has 0 saturated carbocycles. The summed E-state index contributed by atoms with van der Waals surface area (Å²) in [6.07, 6.45) is 4.58. The molecule has 0 unspecified atom stereocenters. The second-order valence-electron chi connectivity index (χ2n) is 4.43. The van der Waals surface area contributed by atoms with E-state index < -0.39 is 0 Å². The number of nitrogens with zero attached hydrogens (tertiary/aromatic N) is 1. The van der Waals surface area contributed by atoms with Gasteiger partial charge < -0.3 is 10.2 Å². The van der Waals surface area contributed by atoms with Crippen molar-refractivity contribution in [1.82, 2.24) is 10.2 Å². The van der Waals surface area contributed by atoms with Gasteiger partial charge in [0.15, 0.2) is 0 Å². The Balaban J connectivity index is 2.30. The summed E-state index contributed by atoms with van der Waals surface area (Å²) in [6.45, 7) is 5.50. The van der Waals surface area contributed by atoms with E-state index in [9.17, 15) is 9.59 Å². The molecule has 0 aromatic carbocycles. The van der Waals surface area contributed by atoms with Crippen molar-refractivity contribution in [1.29, 1.82) is 0 Å². The maximum atomic E-state index is 11.9. The molecule has 4 nitrogen and oxygen atoms in total. The number of hydrogen-bond donors (Lipinski definition) is 1. The minimum Gasteiger partial charge on any atom is -0.345 e. The molecule has 1 atom stereocenters. The fraction of sp³-hybridized carbons (Fsp3) is 0.833. The average Bonchev–Trinajstić information content (AvgIpc) is 2.78. The lowest BCUT2D eigenvalue weighted by Crippen LogP contribution is -2.45. The largest absolute Gasteiger partial charge is 0.345 e. The molecule has 0 aromatic rings. The zero-order valence-electron chi connectivity index (χ0n) is 10.3. The quantitative estimate of drug-likeness (QED) is 0.768. The fourth-order valence-electron chi connectivity index (χ4n) is 1.92. The predicted molar refractivity (Wildman–Crippen MR) is 62.9 cm³/mol. The predicted octanol–water partition coefficient (Wildman–Crippen LogP) is 1.30. The molecule has 4 heteroatoms. The molecule has 1 rings (SSSR count). The molecular formula is C12H22N2O2. The molecule has 1 aliphatic heterocycles. The van der Waals surface area contributed by atoms with E-state index in [1.807, 2.05) is 11.8 Å². The average molecular weight is 226 g/mol. The highest BCUT2D eigenvalue weighted by molar-refractivity contribution is 5.87. The Kier molecular flexibility index (Phi) is 5.29. The van der Waals surface area contributed by atoms with Crippen LogP contribution in [0.2, 0.25) is 0 Å². The van der Waals surface area contributed by atoms with E-state index in [1.165, 1.54) is 0 Å². The third kappa shape index (κ3) is 3.83. The normalized spacial score (nSPS) is 17.2. The number of unbranched alkanes of at least 4 members (excludes halogenated alkanes) is 1. The number of hydrogen-bond acceptors (Lipinski definition) is 2. The van der Waals surface area contributed by atoms with Crippen molar-refractivity contribution in [3.8, 4) is 0 Å². The minimum absolute atomic E-state index is 0.0121. The molecule has 0 bridgehead atoms. The van der Waals surface area contributed by atoms with Gasteiger partial charge in [0.05, 0.1) is 0 Å². The number of carbonyl (C=O) groups is 2. The van der Waals surface area contributed by atoms with Crippen LogP contribution in [-0.4, -0.2) is 35.8 Å². The Morgan fingerprint density at radius 1 is 1.31 bits per heavy atom. The fourth-order valence-corrected chi connectivity index (χ4v) is 1.92. The van der Waals surface area contributed by atoms with Crippen molar-refractivity contribution in [2.24, 2.45) is 0 Å². The van der Waals surface area contributed by atoms with Crippen molar-refractivity contribution in [2.75, 3.05) is 13.1 Å². The van der Waals surface area contributed by atoms with Gasteiger partial charge >= 0.3 is 0 Å². The van der Waals surface area contributed by atoms with Crippen LogP contribution in [-0.2, 0) is 9.59 Å². The van der Waals surface area contributed by atoms with E-state index in [1.54, 1.807) is 6.92 Å². The Morgan fingerprint density at radius 2 is 1.94 bits per heavy atom. The Morgan fingerprint density at radius 3 is 2.50 bits per heavy atom. The van der Waals surface area contributed by atoms with Crippen LogP contribution < -0.4 is 5.32 Å². The van der Waals surface area contributed by atoms with Gasteiger partial charge in [0.25, 0.3) is 0 Å². The molecule has 92 valence electrons. The van der Waals surface area contributed by atoms with E-state index >= 15 is 0 Å². The summed E-state index contributed by atoms with van der Waals surface area (Å²) in [5.41, 5.74) is 0. The zero-order chi connectivity index (χ0) is 12.0. The van der Waals surface area contributed by atoms with Crippen molar-refractivity contribution in [3.05, 3.63) is 0 Å². The zero-order valence-corrected chi connectivity index (χ0v) is 10.3. The van der Waals surface area contributed by atoms with Gasteiger partial charge in [-0.15, -0.1) is 0 Å². The molecule has 0 spiro atoms. The van der Waals surface area contributed by atoms with Gasteiger partial charge in [-0.1, -0.05) is 13.3 Å². The van der Waals surface area contributed by atoms with Crippen molar-refractivity contribution >= 4 is 11.8 Å². The number of rotatable bonds is 5. The van der Waals surface area contributed by atoms with Crippen molar-refractivity contribution < 1.29 is 9.59 Å². The van der Waals surface area contributed by atoms with Crippen LogP contribution in [0.15, 0.2) is 0 Å². The Bertz CT molecular complexity index is 247. The summed E-state index contributed by atoms with van der Waals surface area (Å²) in [7, 11) is 0. The number of nitrogens with one attached hydrogen (secondary N) is 1. The monoisotopic (exact) mass is 226 g/mol. The van der Waals surface area contributed by atoms with Crippen molar-refractivity contribution in [3.63, 3.8) is 0 Å². The smallest absolute Gasteiger partial charge is 0.244 e. The standard InChI is InChI=1S/C12H22N2O2/c1-3-4-7-11(15)13-10(2)12(16)14-8-5-6-9-14/h10H,3-9H2,1-2H3,(H,13,15)/t10-/m0/s1. The highest BCUT2D eigenvalue weighted by Crippen LogP contribution is 2.09. The summed E-state index contributed by atoms with van der Waals surface area (Å²) in [4.78, 5) is 25.2. The summed E-state index contributed by atoms with van der Waals surface area (Å²) in [6, 6.07) is -0.373. The first-order valence-corrected chi connectivity index (χ1v) is 6.23.